The fourth-order valence-electron chi connectivity index (χ4n) is 4.23. The van der Waals surface area contributed by atoms with Crippen LogP contribution in [0.4, 0.5) is 0 Å². The minimum atomic E-state index is 0. The molecule has 0 spiro atoms. The first-order valence-electron chi connectivity index (χ1n) is 12.3. The molecular weight excluding hydrogens is 511 g/mol. The van der Waals surface area contributed by atoms with Crippen LogP contribution in [0.5, 0.6) is 0 Å². The molecule has 0 radical (unpaired) electrons. The van der Waals surface area contributed by atoms with E-state index in [0.29, 0.717) is 6.04 Å². The largest absolute Gasteiger partial charge is 0.354 e. The first-order valence-corrected chi connectivity index (χ1v) is 12.3. The number of nitrogens with zero attached hydrogens (tertiary/aromatic N) is 4. The van der Waals surface area contributed by atoms with Gasteiger partial charge in [0.1, 0.15) is 0 Å². The van der Waals surface area contributed by atoms with Gasteiger partial charge in [-0.05, 0) is 57.1 Å². The van der Waals surface area contributed by atoms with E-state index in [1.165, 1.54) is 37.2 Å². The van der Waals surface area contributed by atoms with Gasteiger partial charge in [0.15, 0.2) is 5.96 Å². The summed E-state index contributed by atoms with van der Waals surface area (Å²) in [6, 6.07) is 9.22. The van der Waals surface area contributed by atoms with Crippen molar-refractivity contribution < 1.29 is 0 Å². The van der Waals surface area contributed by atoms with E-state index < -0.39 is 0 Å². The summed E-state index contributed by atoms with van der Waals surface area (Å²) in [7, 11) is 1.86. The zero-order chi connectivity index (χ0) is 22.5. The highest BCUT2D eigenvalue weighted by Gasteiger charge is 2.16. The van der Waals surface area contributed by atoms with Gasteiger partial charge in [-0.25, -0.2) is 0 Å². The van der Waals surface area contributed by atoms with Crippen molar-refractivity contribution in [2.75, 3.05) is 59.4 Å². The third kappa shape index (κ3) is 10.4. The van der Waals surface area contributed by atoms with Gasteiger partial charge >= 0.3 is 0 Å². The highest BCUT2D eigenvalue weighted by atomic mass is 127. The molecule has 1 aromatic carbocycles. The van der Waals surface area contributed by atoms with Crippen LogP contribution in [0.1, 0.15) is 51.7 Å². The van der Waals surface area contributed by atoms with Crippen LogP contribution >= 0.6 is 24.0 Å². The summed E-state index contributed by atoms with van der Waals surface area (Å²) >= 11 is 0. The van der Waals surface area contributed by atoms with Gasteiger partial charge in [0, 0.05) is 52.4 Å². The van der Waals surface area contributed by atoms with E-state index in [4.69, 9.17) is 0 Å². The monoisotopic (exact) mass is 558 g/mol. The number of nitrogens with one attached hydrogen (secondary N) is 2. The normalized spacial score (nSPS) is 16.6. The Morgan fingerprint density at radius 1 is 1.03 bits per heavy atom. The van der Waals surface area contributed by atoms with Gasteiger partial charge in [0.25, 0.3) is 0 Å². The number of rotatable bonds is 12. The minimum absolute atomic E-state index is 0. The average molecular weight is 559 g/mol. The first-order chi connectivity index (χ1) is 15.1. The Morgan fingerprint density at radius 2 is 1.66 bits per heavy atom. The third-order valence-corrected chi connectivity index (χ3v) is 6.48. The lowest BCUT2D eigenvalue weighted by Gasteiger charge is -2.34. The molecule has 0 aromatic heterocycles. The highest BCUT2D eigenvalue weighted by Crippen LogP contribution is 2.13. The molecule has 1 saturated heterocycles. The van der Waals surface area contributed by atoms with E-state index in [0.717, 1.165) is 58.2 Å². The quantitative estimate of drug-likeness (QED) is 0.233. The van der Waals surface area contributed by atoms with Crippen LogP contribution in [0.2, 0.25) is 0 Å². The number of piperazine rings is 1. The number of hydrogen-bond donors (Lipinski definition) is 2. The fourth-order valence-corrected chi connectivity index (χ4v) is 4.23. The molecule has 32 heavy (non-hydrogen) atoms. The molecule has 1 atom stereocenters. The molecule has 1 aliphatic rings. The molecule has 1 unspecified atom stereocenters. The van der Waals surface area contributed by atoms with Crippen molar-refractivity contribution in [3.8, 4) is 0 Å². The number of aliphatic imine (C=N–C) groups is 1. The lowest BCUT2D eigenvalue weighted by Crippen LogP contribution is -2.45. The van der Waals surface area contributed by atoms with Crippen molar-refractivity contribution in [3.05, 3.63) is 35.4 Å². The molecule has 7 heteroatoms. The maximum Gasteiger partial charge on any atom is 0.191 e. The third-order valence-electron chi connectivity index (χ3n) is 6.48. The highest BCUT2D eigenvalue weighted by molar-refractivity contribution is 14.0. The predicted molar refractivity (Wildman–Crippen MR) is 149 cm³/mol. The van der Waals surface area contributed by atoms with Crippen LogP contribution in [0.3, 0.4) is 0 Å². The van der Waals surface area contributed by atoms with E-state index in [-0.39, 0.29) is 24.0 Å². The average Bonchev–Trinajstić information content (AvgIpc) is 2.80. The first kappa shape index (κ1) is 29.1. The van der Waals surface area contributed by atoms with E-state index in [2.05, 4.69) is 82.3 Å². The van der Waals surface area contributed by atoms with Crippen molar-refractivity contribution in [1.82, 2.24) is 25.3 Å². The number of guanidine groups is 1. The molecule has 2 rings (SSSR count). The van der Waals surface area contributed by atoms with E-state index in [1.54, 1.807) is 0 Å². The number of likely N-dealkylation sites (N-methyl/N-ethyl adjacent to an activating group) is 1. The SMILES string of the molecule is CCN(CC)CCCC(C)NC(=NC)NCc1ccccc1CN1CCN(CC)CC1.I. The molecule has 1 aliphatic heterocycles. The van der Waals surface area contributed by atoms with Gasteiger partial charge in [0.2, 0.25) is 0 Å². The number of hydrogen-bond acceptors (Lipinski definition) is 4. The van der Waals surface area contributed by atoms with Crippen molar-refractivity contribution in [3.63, 3.8) is 0 Å². The summed E-state index contributed by atoms with van der Waals surface area (Å²) in [4.78, 5) is 12.0. The van der Waals surface area contributed by atoms with Crippen LogP contribution in [0.15, 0.2) is 29.3 Å². The van der Waals surface area contributed by atoms with Gasteiger partial charge in [-0.15, -0.1) is 24.0 Å². The van der Waals surface area contributed by atoms with Gasteiger partial charge in [-0.2, -0.15) is 0 Å². The van der Waals surface area contributed by atoms with Crippen molar-refractivity contribution in [2.45, 2.75) is 59.7 Å². The topological polar surface area (TPSA) is 46.1 Å². The smallest absolute Gasteiger partial charge is 0.191 e. The summed E-state index contributed by atoms with van der Waals surface area (Å²) in [5.41, 5.74) is 2.78. The van der Waals surface area contributed by atoms with E-state index in [1.807, 2.05) is 7.05 Å². The second kappa shape index (κ2) is 16.7. The molecular formula is C25H47IN6. The van der Waals surface area contributed by atoms with Crippen LogP contribution in [-0.4, -0.2) is 86.1 Å². The zero-order valence-corrected chi connectivity index (χ0v) is 23.4. The maximum atomic E-state index is 4.45. The molecule has 0 saturated carbocycles. The van der Waals surface area contributed by atoms with Gasteiger partial charge in [-0.1, -0.05) is 45.0 Å². The van der Waals surface area contributed by atoms with Crippen molar-refractivity contribution >= 4 is 29.9 Å². The van der Waals surface area contributed by atoms with Gasteiger partial charge in [-0.3, -0.25) is 9.89 Å². The van der Waals surface area contributed by atoms with Crippen LogP contribution in [-0.2, 0) is 13.1 Å². The Hall–Kier alpha value is -0.900. The molecule has 0 amide bonds. The van der Waals surface area contributed by atoms with E-state index in [9.17, 15) is 0 Å². The molecule has 6 nitrogen and oxygen atoms in total. The summed E-state index contributed by atoms with van der Waals surface area (Å²) in [5.74, 6) is 0.890. The summed E-state index contributed by atoms with van der Waals surface area (Å²) in [6.07, 6.45) is 2.36. The molecule has 2 N–H and O–H groups in total. The fraction of sp³-hybridized carbons (Fsp3) is 0.720. The molecule has 1 heterocycles. The number of benzene rings is 1. The van der Waals surface area contributed by atoms with Gasteiger partial charge in [0.05, 0.1) is 0 Å². The molecule has 1 aromatic rings. The standard InChI is InChI=1S/C25H46N6.HI/c1-6-29(7-2)15-11-12-22(4)28-25(26-5)27-20-23-13-9-10-14-24(23)21-31-18-16-30(8-3)17-19-31;/h9-10,13-14,22H,6-8,11-12,15-21H2,1-5H3,(H2,26,27,28);1H. The minimum Gasteiger partial charge on any atom is -0.354 e. The van der Waals surface area contributed by atoms with Crippen molar-refractivity contribution in [1.29, 1.82) is 0 Å². The van der Waals surface area contributed by atoms with E-state index >= 15 is 0 Å². The second-order valence-corrected chi connectivity index (χ2v) is 8.62. The Kier molecular flexibility index (Phi) is 15.2. The van der Waals surface area contributed by atoms with Crippen LogP contribution in [0.25, 0.3) is 0 Å². The molecule has 0 aliphatic carbocycles. The number of halogens is 1. The van der Waals surface area contributed by atoms with Crippen LogP contribution in [0, 0.1) is 0 Å². The van der Waals surface area contributed by atoms with Gasteiger partial charge < -0.3 is 20.4 Å². The Morgan fingerprint density at radius 3 is 2.25 bits per heavy atom. The second-order valence-electron chi connectivity index (χ2n) is 8.62. The molecule has 0 bridgehead atoms. The maximum absolute atomic E-state index is 4.45. The summed E-state index contributed by atoms with van der Waals surface area (Å²) < 4.78 is 0. The van der Waals surface area contributed by atoms with Crippen molar-refractivity contribution in [2.24, 2.45) is 4.99 Å². The summed E-state index contributed by atoms with van der Waals surface area (Å²) in [6.45, 7) is 20.1. The lowest BCUT2D eigenvalue weighted by molar-refractivity contribution is 0.131. The van der Waals surface area contributed by atoms with Crippen LogP contribution < -0.4 is 10.6 Å². The predicted octanol–water partition coefficient (Wildman–Crippen LogP) is 3.62. The Bertz CT molecular complexity index is 641. The lowest BCUT2D eigenvalue weighted by atomic mass is 10.1. The summed E-state index contributed by atoms with van der Waals surface area (Å²) in [5, 5.41) is 7.10. The molecule has 184 valence electrons. The zero-order valence-electron chi connectivity index (χ0n) is 21.1. The Labute approximate surface area is 214 Å². The Balaban J connectivity index is 0.00000512. The molecule has 1 fully saturated rings.